The highest BCUT2D eigenvalue weighted by molar-refractivity contribution is 14.0. The predicted molar refractivity (Wildman–Crippen MR) is 96.6 cm³/mol. The molecule has 0 aliphatic rings. The number of hydrogen-bond acceptors (Lipinski definition) is 2. The van der Waals surface area contributed by atoms with Crippen LogP contribution in [0.15, 0.2) is 29.3 Å². The zero-order valence-corrected chi connectivity index (χ0v) is 15.4. The van der Waals surface area contributed by atoms with Gasteiger partial charge in [0.25, 0.3) is 0 Å². The molecule has 20 heavy (non-hydrogen) atoms. The van der Waals surface area contributed by atoms with Crippen molar-refractivity contribution in [1.29, 1.82) is 0 Å². The molecule has 0 saturated carbocycles. The molecule has 6 heteroatoms. The maximum absolute atomic E-state index is 5.83. The first kappa shape index (κ1) is 19.3. The van der Waals surface area contributed by atoms with Gasteiger partial charge in [-0.1, -0.05) is 11.6 Å². The summed E-state index contributed by atoms with van der Waals surface area (Å²) in [5.41, 5.74) is 0. The lowest BCUT2D eigenvalue weighted by molar-refractivity contribution is 0.224. The number of ether oxygens (including phenoxy) is 1. The van der Waals surface area contributed by atoms with Crippen LogP contribution in [0.3, 0.4) is 0 Å². The van der Waals surface area contributed by atoms with Gasteiger partial charge in [0.1, 0.15) is 11.9 Å². The second kappa shape index (κ2) is 10.1. The van der Waals surface area contributed by atoms with E-state index in [4.69, 9.17) is 16.3 Å². The normalized spacial score (nSPS) is 12.6. The van der Waals surface area contributed by atoms with Gasteiger partial charge in [0.2, 0.25) is 0 Å². The van der Waals surface area contributed by atoms with Crippen LogP contribution < -0.4 is 15.4 Å². The molecule has 0 radical (unpaired) electrons. The van der Waals surface area contributed by atoms with Crippen molar-refractivity contribution in [2.75, 3.05) is 13.6 Å². The molecule has 1 aromatic rings. The number of benzene rings is 1. The van der Waals surface area contributed by atoms with E-state index in [1.165, 1.54) is 0 Å². The number of nitrogens with zero attached hydrogens (tertiary/aromatic N) is 1. The summed E-state index contributed by atoms with van der Waals surface area (Å²) in [5.74, 6) is 1.59. The molecule has 0 fully saturated rings. The molecule has 0 aromatic heterocycles. The molecule has 0 saturated heterocycles. The number of aliphatic imine (C=N–C) groups is 1. The van der Waals surface area contributed by atoms with E-state index in [1.807, 2.05) is 31.2 Å². The molecule has 4 nitrogen and oxygen atoms in total. The third kappa shape index (κ3) is 7.79. The number of nitrogens with one attached hydrogen (secondary N) is 2. The lowest BCUT2D eigenvalue weighted by atomic mass is 10.3. The maximum atomic E-state index is 5.83. The lowest BCUT2D eigenvalue weighted by Crippen LogP contribution is -2.44. The van der Waals surface area contributed by atoms with E-state index in [0.29, 0.717) is 17.6 Å². The molecule has 1 rings (SSSR count). The smallest absolute Gasteiger partial charge is 0.191 e. The summed E-state index contributed by atoms with van der Waals surface area (Å²) in [6.45, 7) is 6.82. The molecule has 0 aliphatic heterocycles. The van der Waals surface area contributed by atoms with Crippen molar-refractivity contribution < 1.29 is 4.74 Å². The van der Waals surface area contributed by atoms with Gasteiger partial charge in [-0.25, -0.2) is 0 Å². The van der Waals surface area contributed by atoms with Crippen LogP contribution in [0.1, 0.15) is 20.8 Å². The first-order valence-electron chi connectivity index (χ1n) is 6.40. The molecule has 0 spiro atoms. The number of hydrogen-bond donors (Lipinski definition) is 2. The monoisotopic (exact) mass is 411 g/mol. The van der Waals surface area contributed by atoms with Crippen molar-refractivity contribution in [3.8, 4) is 5.75 Å². The van der Waals surface area contributed by atoms with E-state index in [-0.39, 0.29) is 30.1 Å². The Balaban J connectivity index is 0.00000361. The molecule has 0 heterocycles. The first-order chi connectivity index (χ1) is 9.01. The Kier molecular flexibility index (Phi) is 9.75. The molecule has 1 unspecified atom stereocenters. The minimum Gasteiger partial charge on any atom is -0.489 e. The zero-order chi connectivity index (χ0) is 14.3. The Morgan fingerprint density at radius 3 is 2.35 bits per heavy atom. The average Bonchev–Trinajstić information content (AvgIpc) is 2.37. The molecule has 0 amide bonds. The highest BCUT2D eigenvalue weighted by atomic mass is 127. The third-order valence-electron chi connectivity index (χ3n) is 2.36. The average molecular weight is 412 g/mol. The highest BCUT2D eigenvalue weighted by Gasteiger charge is 2.06. The Bertz CT molecular complexity index is 409. The molecule has 1 atom stereocenters. The maximum Gasteiger partial charge on any atom is 0.191 e. The van der Waals surface area contributed by atoms with Crippen LogP contribution in [-0.4, -0.2) is 31.7 Å². The largest absolute Gasteiger partial charge is 0.489 e. The highest BCUT2D eigenvalue weighted by Crippen LogP contribution is 2.16. The van der Waals surface area contributed by atoms with Gasteiger partial charge in [-0.2, -0.15) is 0 Å². The van der Waals surface area contributed by atoms with Gasteiger partial charge in [0.15, 0.2) is 5.96 Å². The Morgan fingerprint density at radius 1 is 1.25 bits per heavy atom. The second-order valence-electron chi connectivity index (χ2n) is 4.63. The van der Waals surface area contributed by atoms with Gasteiger partial charge in [-0.3, -0.25) is 4.99 Å². The van der Waals surface area contributed by atoms with Crippen molar-refractivity contribution in [1.82, 2.24) is 10.6 Å². The SMILES string of the molecule is CN=C(NCC(C)Oc1ccc(Cl)cc1)NC(C)C.I. The van der Waals surface area contributed by atoms with Crippen LogP contribution in [0.2, 0.25) is 5.02 Å². The molecular weight excluding hydrogens is 389 g/mol. The topological polar surface area (TPSA) is 45.7 Å². The minimum absolute atomic E-state index is 0. The van der Waals surface area contributed by atoms with Gasteiger partial charge in [-0.05, 0) is 45.0 Å². The van der Waals surface area contributed by atoms with Crippen molar-refractivity contribution >= 4 is 41.5 Å². The summed E-state index contributed by atoms with van der Waals surface area (Å²) in [6, 6.07) is 7.70. The lowest BCUT2D eigenvalue weighted by Gasteiger charge is -2.19. The van der Waals surface area contributed by atoms with Gasteiger partial charge in [-0.15, -0.1) is 24.0 Å². The van der Waals surface area contributed by atoms with E-state index >= 15 is 0 Å². The van der Waals surface area contributed by atoms with Gasteiger partial charge in [0.05, 0.1) is 6.54 Å². The predicted octanol–water partition coefficient (Wildman–Crippen LogP) is 3.30. The molecule has 2 N–H and O–H groups in total. The molecule has 114 valence electrons. The second-order valence-corrected chi connectivity index (χ2v) is 5.07. The van der Waals surface area contributed by atoms with Crippen LogP contribution in [-0.2, 0) is 0 Å². The Labute approximate surface area is 143 Å². The summed E-state index contributed by atoms with van der Waals surface area (Å²) in [5, 5.41) is 7.15. The van der Waals surface area contributed by atoms with Crippen LogP contribution in [0.5, 0.6) is 5.75 Å². The Morgan fingerprint density at radius 2 is 1.85 bits per heavy atom. The standard InChI is InChI=1S/C14H22ClN3O.HI/c1-10(2)18-14(16-4)17-9-11(3)19-13-7-5-12(15)6-8-13;/h5-8,10-11H,9H2,1-4H3,(H2,16,17,18);1H. The van der Waals surface area contributed by atoms with Gasteiger partial charge in [0, 0.05) is 18.1 Å². The number of guanidine groups is 1. The van der Waals surface area contributed by atoms with Crippen molar-refractivity contribution in [3.05, 3.63) is 29.3 Å². The van der Waals surface area contributed by atoms with E-state index < -0.39 is 0 Å². The molecule has 1 aromatic carbocycles. The summed E-state index contributed by atoms with van der Waals surface area (Å²) in [6.07, 6.45) is 0.0342. The number of rotatable bonds is 5. The van der Waals surface area contributed by atoms with Crippen LogP contribution in [0.25, 0.3) is 0 Å². The fourth-order valence-electron chi connectivity index (χ4n) is 1.50. The quantitative estimate of drug-likeness (QED) is 0.444. The fourth-order valence-corrected chi connectivity index (χ4v) is 1.62. The van der Waals surface area contributed by atoms with E-state index in [9.17, 15) is 0 Å². The summed E-state index contributed by atoms with van der Waals surface area (Å²) in [7, 11) is 1.75. The molecular formula is C14H23ClIN3O. The van der Waals surface area contributed by atoms with Crippen LogP contribution >= 0.6 is 35.6 Å². The van der Waals surface area contributed by atoms with Crippen LogP contribution in [0, 0.1) is 0 Å². The van der Waals surface area contributed by atoms with Crippen molar-refractivity contribution in [3.63, 3.8) is 0 Å². The van der Waals surface area contributed by atoms with Crippen molar-refractivity contribution in [2.24, 2.45) is 4.99 Å². The zero-order valence-electron chi connectivity index (χ0n) is 12.3. The summed E-state index contributed by atoms with van der Waals surface area (Å²) < 4.78 is 5.77. The van der Waals surface area contributed by atoms with Gasteiger partial charge >= 0.3 is 0 Å². The molecule has 0 bridgehead atoms. The van der Waals surface area contributed by atoms with E-state index in [2.05, 4.69) is 29.5 Å². The van der Waals surface area contributed by atoms with E-state index in [1.54, 1.807) is 7.05 Å². The van der Waals surface area contributed by atoms with Gasteiger partial charge < -0.3 is 15.4 Å². The Hall–Kier alpha value is -0.690. The molecule has 0 aliphatic carbocycles. The third-order valence-corrected chi connectivity index (χ3v) is 2.61. The summed E-state index contributed by atoms with van der Waals surface area (Å²) >= 11 is 5.83. The van der Waals surface area contributed by atoms with Crippen LogP contribution in [0.4, 0.5) is 0 Å². The summed E-state index contributed by atoms with van der Waals surface area (Å²) in [4.78, 5) is 4.14. The first-order valence-corrected chi connectivity index (χ1v) is 6.78. The van der Waals surface area contributed by atoms with Crippen molar-refractivity contribution in [2.45, 2.75) is 32.9 Å². The fraction of sp³-hybridized carbons (Fsp3) is 0.500. The minimum atomic E-state index is 0. The number of halogens is 2. The van der Waals surface area contributed by atoms with E-state index in [0.717, 1.165) is 11.7 Å².